The van der Waals surface area contributed by atoms with Gasteiger partial charge < -0.3 is 20.1 Å². The fourth-order valence-corrected chi connectivity index (χ4v) is 3.12. The summed E-state index contributed by atoms with van der Waals surface area (Å²) in [5.74, 6) is -0.0269. The van der Waals surface area contributed by atoms with Crippen molar-refractivity contribution in [3.63, 3.8) is 0 Å². The summed E-state index contributed by atoms with van der Waals surface area (Å²) in [6.07, 6.45) is -0.398. The molecule has 1 heterocycles. The molecule has 0 fully saturated rings. The number of ether oxygens (including phenoxy) is 2. The maximum absolute atomic E-state index is 13.0. The number of nitrogens with zero attached hydrogens (tertiary/aromatic N) is 1. The highest BCUT2D eigenvalue weighted by atomic mass is 16.6. The van der Waals surface area contributed by atoms with Crippen LogP contribution in [0.25, 0.3) is 5.70 Å². The third-order valence-corrected chi connectivity index (χ3v) is 4.43. The van der Waals surface area contributed by atoms with Gasteiger partial charge in [0.1, 0.15) is 5.75 Å². The number of amides is 2. The Labute approximate surface area is 172 Å². The van der Waals surface area contributed by atoms with Crippen LogP contribution in [0.15, 0.2) is 54.1 Å². The van der Waals surface area contributed by atoms with Crippen molar-refractivity contribution in [1.29, 1.82) is 0 Å². The summed E-state index contributed by atoms with van der Waals surface area (Å²) in [7, 11) is 1.53. The van der Waals surface area contributed by atoms with Gasteiger partial charge in [0.25, 0.3) is 5.69 Å². The Bertz CT molecular complexity index is 1010. The highest BCUT2D eigenvalue weighted by Crippen LogP contribution is 2.34. The molecule has 2 N–H and O–H groups in total. The number of rotatable bonds is 6. The second-order valence-electron chi connectivity index (χ2n) is 6.85. The SMILES string of the molecule is COc1ccc(C2=C(C(=O)OC(C)C)C(c3cccc([N+](=O)[O-])c3)NC(=O)N2)cc1. The largest absolute Gasteiger partial charge is 0.497 e. The van der Waals surface area contributed by atoms with Crippen LogP contribution in [0, 0.1) is 10.1 Å². The third-order valence-electron chi connectivity index (χ3n) is 4.43. The Kier molecular flexibility index (Phi) is 6.01. The Balaban J connectivity index is 2.18. The molecule has 1 unspecified atom stereocenters. The molecular weight excluding hydrogens is 390 g/mol. The van der Waals surface area contributed by atoms with Gasteiger partial charge in [-0.05, 0) is 49.2 Å². The standard InChI is InChI=1S/C21H21N3O6/c1-12(2)30-20(25)17-18(13-7-9-16(29-3)10-8-13)22-21(26)23-19(17)14-5-4-6-15(11-14)24(27)28/h4-12,19H,1-3H3,(H2,22,23,26). The van der Waals surface area contributed by atoms with E-state index < -0.39 is 29.1 Å². The van der Waals surface area contributed by atoms with E-state index in [9.17, 15) is 19.7 Å². The van der Waals surface area contributed by atoms with Gasteiger partial charge in [0, 0.05) is 12.1 Å². The summed E-state index contributed by atoms with van der Waals surface area (Å²) < 4.78 is 10.6. The van der Waals surface area contributed by atoms with Crippen LogP contribution in [0.4, 0.5) is 10.5 Å². The molecule has 2 aromatic rings. The van der Waals surface area contributed by atoms with E-state index in [1.165, 1.54) is 25.3 Å². The minimum Gasteiger partial charge on any atom is -0.497 e. The van der Waals surface area contributed by atoms with Crippen LogP contribution in [-0.4, -0.2) is 30.1 Å². The number of nitrogens with one attached hydrogen (secondary N) is 2. The summed E-state index contributed by atoms with van der Waals surface area (Å²) in [5, 5.41) is 16.5. The molecule has 1 aliphatic rings. The second-order valence-corrected chi connectivity index (χ2v) is 6.85. The highest BCUT2D eigenvalue weighted by Gasteiger charge is 2.35. The number of benzene rings is 2. The fourth-order valence-electron chi connectivity index (χ4n) is 3.12. The first-order chi connectivity index (χ1) is 14.3. The molecular formula is C21H21N3O6. The van der Waals surface area contributed by atoms with E-state index >= 15 is 0 Å². The van der Waals surface area contributed by atoms with Gasteiger partial charge in [-0.3, -0.25) is 10.1 Å². The summed E-state index contributed by atoms with van der Waals surface area (Å²) >= 11 is 0. The molecule has 0 aromatic heterocycles. The van der Waals surface area contributed by atoms with Crippen molar-refractivity contribution >= 4 is 23.4 Å². The monoisotopic (exact) mass is 411 g/mol. The number of non-ortho nitro benzene ring substituents is 1. The molecule has 156 valence electrons. The van der Waals surface area contributed by atoms with Gasteiger partial charge >= 0.3 is 12.0 Å². The Morgan fingerprint density at radius 3 is 2.47 bits per heavy atom. The number of nitro benzene ring substituents is 1. The molecule has 0 spiro atoms. The topological polar surface area (TPSA) is 120 Å². The van der Waals surface area contributed by atoms with Crippen molar-refractivity contribution in [3.05, 3.63) is 75.3 Å². The molecule has 1 atom stereocenters. The van der Waals surface area contributed by atoms with E-state index in [4.69, 9.17) is 9.47 Å². The van der Waals surface area contributed by atoms with Crippen LogP contribution in [0.2, 0.25) is 0 Å². The van der Waals surface area contributed by atoms with Crippen LogP contribution < -0.4 is 15.4 Å². The van der Waals surface area contributed by atoms with E-state index in [0.717, 1.165) is 0 Å². The minimum absolute atomic E-state index is 0.147. The lowest BCUT2D eigenvalue weighted by molar-refractivity contribution is -0.384. The van der Waals surface area contributed by atoms with Gasteiger partial charge in [0.15, 0.2) is 0 Å². The maximum Gasteiger partial charge on any atom is 0.338 e. The van der Waals surface area contributed by atoms with Crippen LogP contribution in [0.5, 0.6) is 5.75 Å². The first-order valence-electron chi connectivity index (χ1n) is 9.21. The Morgan fingerprint density at radius 2 is 1.87 bits per heavy atom. The molecule has 0 bridgehead atoms. The van der Waals surface area contributed by atoms with Gasteiger partial charge in [-0.15, -0.1) is 0 Å². The molecule has 0 saturated carbocycles. The van der Waals surface area contributed by atoms with Crippen LogP contribution >= 0.6 is 0 Å². The van der Waals surface area contributed by atoms with Crippen molar-refractivity contribution < 1.29 is 24.0 Å². The number of hydrogen-bond donors (Lipinski definition) is 2. The normalized spacial score (nSPS) is 16.0. The molecule has 3 rings (SSSR count). The van der Waals surface area contributed by atoms with Gasteiger partial charge in [0.05, 0.1) is 35.4 Å². The highest BCUT2D eigenvalue weighted by molar-refractivity contribution is 6.04. The zero-order valence-electron chi connectivity index (χ0n) is 16.7. The average Bonchev–Trinajstić information content (AvgIpc) is 2.72. The summed E-state index contributed by atoms with van der Waals surface area (Å²) in [6.45, 7) is 3.42. The van der Waals surface area contributed by atoms with Crippen molar-refractivity contribution in [2.24, 2.45) is 0 Å². The summed E-state index contributed by atoms with van der Waals surface area (Å²) in [5.41, 5.74) is 1.22. The number of urea groups is 1. The summed E-state index contributed by atoms with van der Waals surface area (Å²) in [4.78, 5) is 36.1. The second kappa shape index (κ2) is 8.64. The van der Waals surface area contributed by atoms with Crippen molar-refractivity contribution in [2.45, 2.75) is 26.0 Å². The number of carbonyl (C=O) groups excluding carboxylic acids is 2. The smallest absolute Gasteiger partial charge is 0.338 e. The van der Waals surface area contributed by atoms with Crippen molar-refractivity contribution in [3.8, 4) is 5.75 Å². The molecule has 30 heavy (non-hydrogen) atoms. The van der Waals surface area contributed by atoms with E-state index in [-0.39, 0.29) is 17.0 Å². The van der Waals surface area contributed by atoms with E-state index in [0.29, 0.717) is 16.9 Å². The van der Waals surface area contributed by atoms with Crippen molar-refractivity contribution in [2.75, 3.05) is 7.11 Å². The lowest BCUT2D eigenvalue weighted by Crippen LogP contribution is -2.45. The van der Waals surface area contributed by atoms with Crippen LogP contribution in [0.1, 0.15) is 31.0 Å². The van der Waals surface area contributed by atoms with Gasteiger partial charge in [-0.2, -0.15) is 0 Å². The van der Waals surface area contributed by atoms with Crippen LogP contribution in [0.3, 0.4) is 0 Å². The van der Waals surface area contributed by atoms with E-state index in [1.807, 2.05) is 0 Å². The third kappa shape index (κ3) is 4.40. The average molecular weight is 411 g/mol. The molecule has 0 saturated heterocycles. The number of carbonyl (C=O) groups is 2. The molecule has 2 amide bonds. The summed E-state index contributed by atoms with van der Waals surface area (Å²) in [6, 6.07) is 11.1. The Morgan fingerprint density at radius 1 is 1.17 bits per heavy atom. The predicted molar refractivity (Wildman–Crippen MR) is 109 cm³/mol. The molecule has 2 aromatic carbocycles. The lowest BCUT2D eigenvalue weighted by atomic mass is 9.92. The molecule has 1 aliphatic heterocycles. The maximum atomic E-state index is 13.0. The molecule has 0 aliphatic carbocycles. The van der Waals surface area contributed by atoms with E-state index in [1.54, 1.807) is 44.2 Å². The zero-order valence-corrected chi connectivity index (χ0v) is 16.7. The number of esters is 1. The predicted octanol–water partition coefficient (Wildman–Crippen LogP) is 3.32. The minimum atomic E-state index is -0.929. The quantitative estimate of drug-likeness (QED) is 0.427. The molecule has 9 heteroatoms. The van der Waals surface area contributed by atoms with Gasteiger partial charge in [0.2, 0.25) is 0 Å². The first kappa shape index (κ1) is 20.8. The molecule has 0 radical (unpaired) electrons. The number of methoxy groups -OCH3 is 1. The van der Waals surface area contributed by atoms with Gasteiger partial charge in [-0.1, -0.05) is 12.1 Å². The Hall–Kier alpha value is -3.88. The number of nitro groups is 1. The van der Waals surface area contributed by atoms with Crippen LogP contribution in [-0.2, 0) is 9.53 Å². The zero-order chi connectivity index (χ0) is 21.8. The molecule has 9 nitrogen and oxygen atoms in total. The van der Waals surface area contributed by atoms with Gasteiger partial charge in [-0.25, -0.2) is 9.59 Å². The number of hydrogen-bond acceptors (Lipinski definition) is 6. The lowest BCUT2D eigenvalue weighted by Gasteiger charge is -2.30. The first-order valence-corrected chi connectivity index (χ1v) is 9.21. The van der Waals surface area contributed by atoms with E-state index in [2.05, 4.69) is 10.6 Å². The fraction of sp³-hybridized carbons (Fsp3) is 0.238. The van der Waals surface area contributed by atoms with Crippen molar-refractivity contribution in [1.82, 2.24) is 10.6 Å².